The van der Waals surface area contributed by atoms with Crippen LogP contribution in [0.4, 0.5) is 10.8 Å². The molecule has 0 aliphatic carbocycles. The number of nitrogen functional groups attached to an aromatic ring is 1. The third-order valence-electron chi connectivity index (χ3n) is 2.63. The van der Waals surface area contributed by atoms with Crippen LogP contribution in [0.15, 0.2) is 0 Å². The molecule has 0 aliphatic rings. The molecule has 0 aromatic carbocycles. The molecule has 0 saturated heterocycles. The van der Waals surface area contributed by atoms with Crippen molar-refractivity contribution in [2.24, 2.45) is 0 Å². The Morgan fingerprint density at radius 2 is 2.18 bits per heavy atom. The van der Waals surface area contributed by atoms with Gasteiger partial charge in [-0.15, -0.1) is 0 Å². The Morgan fingerprint density at radius 1 is 1.53 bits per heavy atom. The zero-order valence-electron chi connectivity index (χ0n) is 10.5. The van der Waals surface area contributed by atoms with Crippen molar-refractivity contribution >= 4 is 22.4 Å². The normalized spacial score (nSPS) is 12.4. The van der Waals surface area contributed by atoms with Crippen molar-refractivity contribution in [3.05, 3.63) is 5.56 Å². The van der Waals surface area contributed by atoms with Crippen LogP contribution in [-0.2, 0) is 0 Å². The van der Waals surface area contributed by atoms with E-state index in [4.69, 9.17) is 11.0 Å². The summed E-state index contributed by atoms with van der Waals surface area (Å²) in [5, 5.41) is 13.0. The van der Waals surface area contributed by atoms with Crippen molar-refractivity contribution in [3.8, 4) is 6.07 Å². The smallest absolute Gasteiger partial charge is 0.157 e. The molecule has 0 fully saturated rings. The number of anilines is 2. The molecule has 94 valence electrons. The van der Waals surface area contributed by atoms with Crippen molar-refractivity contribution < 1.29 is 0 Å². The summed E-state index contributed by atoms with van der Waals surface area (Å²) in [5.41, 5.74) is 6.07. The Kier molecular flexibility index (Phi) is 5.19. The Labute approximate surface area is 106 Å². The number of hydrogen-bond donors (Lipinski definition) is 2. The summed E-state index contributed by atoms with van der Waals surface area (Å²) in [7, 11) is 0. The fourth-order valence-corrected chi connectivity index (χ4v) is 2.42. The molecule has 1 atom stereocenters. The number of nitrogens with two attached hydrogens (primary N) is 1. The third kappa shape index (κ3) is 3.58. The van der Waals surface area contributed by atoms with E-state index < -0.39 is 0 Å². The van der Waals surface area contributed by atoms with Gasteiger partial charge < -0.3 is 16.0 Å². The predicted molar refractivity (Wildman–Crippen MR) is 72.1 cm³/mol. The van der Waals surface area contributed by atoms with Crippen LogP contribution in [-0.4, -0.2) is 34.9 Å². The molecule has 0 aliphatic heterocycles. The van der Waals surface area contributed by atoms with Crippen LogP contribution in [0.2, 0.25) is 0 Å². The van der Waals surface area contributed by atoms with Gasteiger partial charge in [0.1, 0.15) is 16.6 Å². The van der Waals surface area contributed by atoms with Crippen molar-refractivity contribution in [2.45, 2.75) is 26.8 Å². The molecule has 17 heavy (non-hydrogen) atoms. The third-order valence-corrected chi connectivity index (χ3v) is 3.43. The van der Waals surface area contributed by atoms with E-state index in [0.717, 1.165) is 24.6 Å². The van der Waals surface area contributed by atoms with Crippen LogP contribution < -0.4 is 11.1 Å². The van der Waals surface area contributed by atoms with E-state index in [9.17, 15) is 0 Å². The van der Waals surface area contributed by atoms with Crippen molar-refractivity contribution in [3.63, 3.8) is 0 Å². The molecular formula is C11H19N5S. The van der Waals surface area contributed by atoms with E-state index in [0.29, 0.717) is 11.4 Å². The summed E-state index contributed by atoms with van der Waals surface area (Å²) in [5.74, 6) is 0.315. The molecule has 0 radical (unpaired) electrons. The number of nitrogens with zero attached hydrogens (tertiary/aromatic N) is 3. The van der Waals surface area contributed by atoms with Crippen molar-refractivity contribution in [1.82, 2.24) is 9.27 Å². The molecule has 3 N–H and O–H groups in total. The largest absolute Gasteiger partial charge is 0.382 e. The van der Waals surface area contributed by atoms with Crippen molar-refractivity contribution in [2.75, 3.05) is 30.7 Å². The maximum atomic E-state index is 8.96. The molecule has 1 heterocycles. The zero-order chi connectivity index (χ0) is 12.8. The minimum Gasteiger partial charge on any atom is -0.382 e. The number of aromatic nitrogens is 1. The van der Waals surface area contributed by atoms with E-state index in [1.807, 2.05) is 0 Å². The van der Waals surface area contributed by atoms with Gasteiger partial charge in [-0.05, 0) is 31.5 Å². The molecule has 5 nitrogen and oxygen atoms in total. The monoisotopic (exact) mass is 253 g/mol. The Morgan fingerprint density at radius 3 is 2.71 bits per heavy atom. The lowest BCUT2D eigenvalue weighted by atomic mass is 10.2. The van der Waals surface area contributed by atoms with Gasteiger partial charge in [-0.1, -0.05) is 13.8 Å². The number of hydrogen-bond acceptors (Lipinski definition) is 6. The van der Waals surface area contributed by atoms with Gasteiger partial charge in [0.25, 0.3) is 0 Å². The SMILES string of the molecule is CCN(CC)CC(C)Nc1snc(N)c1C#N. The molecule has 0 spiro atoms. The summed E-state index contributed by atoms with van der Waals surface area (Å²) in [6.07, 6.45) is 0. The number of nitrogens with one attached hydrogen (secondary N) is 1. The average molecular weight is 253 g/mol. The molecule has 0 saturated carbocycles. The summed E-state index contributed by atoms with van der Waals surface area (Å²) in [6, 6.07) is 2.34. The molecule has 1 unspecified atom stereocenters. The summed E-state index contributed by atoms with van der Waals surface area (Å²) in [6.45, 7) is 9.37. The van der Waals surface area contributed by atoms with Gasteiger partial charge in [0.2, 0.25) is 0 Å². The Bertz CT molecular complexity index is 391. The van der Waals surface area contributed by atoms with Gasteiger partial charge in [0.15, 0.2) is 5.82 Å². The van der Waals surface area contributed by atoms with E-state index in [2.05, 4.69) is 41.4 Å². The maximum Gasteiger partial charge on any atom is 0.157 e. The first-order chi connectivity index (χ1) is 8.12. The van der Waals surface area contributed by atoms with E-state index in [-0.39, 0.29) is 6.04 Å². The molecule has 0 amide bonds. The fourth-order valence-electron chi connectivity index (χ4n) is 1.65. The summed E-state index contributed by atoms with van der Waals surface area (Å²) < 4.78 is 3.98. The highest BCUT2D eigenvalue weighted by molar-refractivity contribution is 7.10. The lowest BCUT2D eigenvalue weighted by Crippen LogP contribution is -2.34. The van der Waals surface area contributed by atoms with Crippen LogP contribution in [0.1, 0.15) is 26.3 Å². The standard InChI is InChI=1S/C11H19N5S/c1-4-16(5-2)7-8(3)14-11-9(6-12)10(13)15-17-11/h8,14H,4-5,7H2,1-3H3,(H2,13,15). The number of rotatable bonds is 6. The lowest BCUT2D eigenvalue weighted by molar-refractivity contribution is 0.295. The van der Waals surface area contributed by atoms with E-state index >= 15 is 0 Å². The Hall–Kier alpha value is -1.32. The van der Waals surface area contributed by atoms with Gasteiger partial charge >= 0.3 is 0 Å². The van der Waals surface area contributed by atoms with Gasteiger partial charge in [0.05, 0.1) is 0 Å². The first kappa shape index (κ1) is 13.7. The van der Waals surface area contributed by atoms with Gasteiger partial charge in [-0.3, -0.25) is 0 Å². The van der Waals surface area contributed by atoms with Crippen LogP contribution in [0.5, 0.6) is 0 Å². The highest BCUT2D eigenvalue weighted by atomic mass is 32.1. The first-order valence-electron chi connectivity index (χ1n) is 5.76. The number of nitriles is 1. The topological polar surface area (TPSA) is 78.0 Å². The summed E-state index contributed by atoms with van der Waals surface area (Å²) in [4.78, 5) is 2.33. The van der Waals surface area contributed by atoms with Gasteiger partial charge in [-0.2, -0.15) is 9.64 Å². The van der Waals surface area contributed by atoms with Gasteiger partial charge in [0, 0.05) is 12.6 Å². The minimum atomic E-state index is 0.266. The quantitative estimate of drug-likeness (QED) is 0.807. The lowest BCUT2D eigenvalue weighted by Gasteiger charge is -2.23. The minimum absolute atomic E-state index is 0.266. The predicted octanol–water partition coefficient (Wildman–Crippen LogP) is 1.74. The molecule has 6 heteroatoms. The maximum absolute atomic E-state index is 8.96. The van der Waals surface area contributed by atoms with Crippen molar-refractivity contribution in [1.29, 1.82) is 5.26 Å². The molecule has 0 bridgehead atoms. The molecular weight excluding hydrogens is 234 g/mol. The number of likely N-dealkylation sites (N-methyl/N-ethyl adjacent to an activating group) is 1. The summed E-state index contributed by atoms with van der Waals surface area (Å²) >= 11 is 1.24. The average Bonchev–Trinajstić information content (AvgIpc) is 2.66. The molecule has 1 aromatic rings. The molecule has 1 rings (SSSR count). The molecule has 1 aromatic heterocycles. The van der Waals surface area contributed by atoms with Crippen LogP contribution in [0.25, 0.3) is 0 Å². The van der Waals surface area contributed by atoms with E-state index in [1.54, 1.807) is 0 Å². The zero-order valence-corrected chi connectivity index (χ0v) is 11.3. The van der Waals surface area contributed by atoms with Gasteiger partial charge in [-0.25, -0.2) is 0 Å². The fraction of sp³-hybridized carbons (Fsp3) is 0.636. The van der Waals surface area contributed by atoms with E-state index in [1.165, 1.54) is 11.5 Å². The highest BCUT2D eigenvalue weighted by Crippen LogP contribution is 2.26. The van der Waals surface area contributed by atoms with Crippen LogP contribution in [0, 0.1) is 11.3 Å². The second-order valence-electron chi connectivity index (χ2n) is 3.91. The highest BCUT2D eigenvalue weighted by Gasteiger charge is 2.14. The second-order valence-corrected chi connectivity index (χ2v) is 4.69. The van der Waals surface area contributed by atoms with Crippen LogP contribution >= 0.6 is 11.5 Å². The Balaban J connectivity index is 2.62. The first-order valence-corrected chi connectivity index (χ1v) is 6.53. The second kappa shape index (κ2) is 6.42. The van der Waals surface area contributed by atoms with Crippen LogP contribution in [0.3, 0.4) is 0 Å².